The molecule has 106 valence electrons. The number of hydrogen-bond acceptors (Lipinski definition) is 5. The molecule has 0 radical (unpaired) electrons. The molecule has 0 fully saturated rings. The normalized spacial score (nSPS) is 20.9. The monoisotopic (exact) mass is 277 g/mol. The van der Waals surface area contributed by atoms with Crippen molar-refractivity contribution >= 4 is 11.5 Å². The van der Waals surface area contributed by atoms with E-state index in [2.05, 4.69) is 0 Å². The van der Waals surface area contributed by atoms with E-state index in [0.29, 0.717) is 24.5 Å². The summed E-state index contributed by atoms with van der Waals surface area (Å²) in [7, 11) is 0. The highest BCUT2D eigenvalue weighted by molar-refractivity contribution is 5.87. The number of benzene rings is 1. The Balaban J connectivity index is 2.18. The van der Waals surface area contributed by atoms with E-state index in [1.165, 1.54) is 31.2 Å². The first-order chi connectivity index (χ1) is 9.39. The Bertz CT molecular complexity index is 581. The van der Waals surface area contributed by atoms with Crippen LogP contribution in [0.2, 0.25) is 0 Å². The molecule has 1 aliphatic heterocycles. The second-order valence-corrected chi connectivity index (χ2v) is 4.95. The minimum Gasteiger partial charge on any atom is -0.486 e. The molecule has 20 heavy (non-hydrogen) atoms. The summed E-state index contributed by atoms with van der Waals surface area (Å²) < 4.78 is 11.4. The average molecular weight is 277 g/mol. The third-order valence-corrected chi connectivity index (χ3v) is 2.93. The largest absolute Gasteiger partial charge is 0.486 e. The highest BCUT2D eigenvalue weighted by Gasteiger charge is 2.33. The fourth-order valence-corrected chi connectivity index (χ4v) is 1.91. The number of rotatable bonds is 4. The molecule has 1 aliphatic rings. The van der Waals surface area contributed by atoms with Crippen LogP contribution in [0.15, 0.2) is 30.4 Å². The summed E-state index contributed by atoms with van der Waals surface area (Å²) in [6.07, 6.45) is 3.67. The van der Waals surface area contributed by atoms with Gasteiger partial charge in [-0.3, -0.25) is 14.9 Å². The van der Waals surface area contributed by atoms with Crippen LogP contribution < -0.4 is 9.47 Å². The summed E-state index contributed by atoms with van der Waals surface area (Å²) >= 11 is 0. The molecule has 2 rings (SSSR count). The summed E-state index contributed by atoms with van der Waals surface area (Å²) in [6.45, 7) is 3.62. The van der Waals surface area contributed by atoms with Crippen molar-refractivity contribution in [3.05, 3.63) is 40.5 Å². The number of fused-ring (bicyclic) bond motifs is 1. The molecule has 0 bridgehead atoms. The SMILES string of the molecule is CC(=O)/C=C/CC1(C)COc2ccc([N+](=O)[O-])cc2O1. The van der Waals surface area contributed by atoms with Crippen LogP contribution in [0.5, 0.6) is 11.5 Å². The maximum atomic E-state index is 10.9. The number of hydrogen-bond donors (Lipinski definition) is 0. The summed E-state index contributed by atoms with van der Waals surface area (Å²) in [6, 6.07) is 4.25. The van der Waals surface area contributed by atoms with E-state index in [4.69, 9.17) is 9.47 Å². The number of ketones is 1. The number of nitro benzene ring substituents is 1. The van der Waals surface area contributed by atoms with Gasteiger partial charge in [-0.1, -0.05) is 6.08 Å². The summed E-state index contributed by atoms with van der Waals surface area (Å²) in [5.41, 5.74) is -0.690. The van der Waals surface area contributed by atoms with Crippen molar-refractivity contribution in [1.29, 1.82) is 0 Å². The van der Waals surface area contributed by atoms with Crippen molar-refractivity contribution < 1.29 is 19.2 Å². The van der Waals surface area contributed by atoms with Crippen LogP contribution in [0.1, 0.15) is 20.3 Å². The molecule has 1 heterocycles. The summed E-state index contributed by atoms with van der Waals surface area (Å²) in [5.74, 6) is 0.800. The van der Waals surface area contributed by atoms with E-state index in [-0.39, 0.29) is 11.5 Å². The fraction of sp³-hybridized carbons (Fsp3) is 0.357. The predicted octanol–water partition coefficient (Wildman–Crippen LogP) is 2.66. The lowest BCUT2D eigenvalue weighted by atomic mass is 10.0. The molecule has 0 amide bonds. The Hall–Kier alpha value is -2.37. The molecule has 0 saturated carbocycles. The highest BCUT2D eigenvalue weighted by Crippen LogP contribution is 2.38. The lowest BCUT2D eigenvalue weighted by molar-refractivity contribution is -0.385. The molecule has 6 nitrogen and oxygen atoms in total. The molecule has 0 spiro atoms. The Labute approximate surface area is 116 Å². The minimum absolute atomic E-state index is 0.0404. The maximum absolute atomic E-state index is 10.9. The van der Waals surface area contributed by atoms with Crippen molar-refractivity contribution in [2.45, 2.75) is 25.9 Å². The standard InChI is InChI=1S/C14H15NO5/c1-10(16)4-3-7-14(2)9-19-12-6-5-11(15(17)18)8-13(12)20-14/h3-6,8H,7,9H2,1-2H3/b4-3+. The Morgan fingerprint density at radius 3 is 2.90 bits per heavy atom. The predicted molar refractivity (Wildman–Crippen MR) is 72.1 cm³/mol. The van der Waals surface area contributed by atoms with Crippen LogP contribution in [-0.2, 0) is 4.79 Å². The van der Waals surface area contributed by atoms with E-state index in [1.54, 1.807) is 6.08 Å². The van der Waals surface area contributed by atoms with E-state index < -0.39 is 10.5 Å². The topological polar surface area (TPSA) is 78.7 Å². The van der Waals surface area contributed by atoms with Gasteiger partial charge >= 0.3 is 0 Å². The molecular formula is C14H15NO5. The van der Waals surface area contributed by atoms with Crippen molar-refractivity contribution in [1.82, 2.24) is 0 Å². The molecule has 1 aromatic carbocycles. The lowest BCUT2D eigenvalue weighted by Crippen LogP contribution is -2.41. The zero-order valence-electron chi connectivity index (χ0n) is 11.3. The highest BCUT2D eigenvalue weighted by atomic mass is 16.6. The van der Waals surface area contributed by atoms with E-state index in [1.807, 2.05) is 6.92 Å². The van der Waals surface area contributed by atoms with Crippen molar-refractivity contribution in [2.24, 2.45) is 0 Å². The number of carbonyl (C=O) groups is 1. The first-order valence-electron chi connectivity index (χ1n) is 6.17. The number of non-ortho nitro benzene ring substituents is 1. The first-order valence-corrected chi connectivity index (χ1v) is 6.17. The minimum atomic E-state index is -0.645. The van der Waals surface area contributed by atoms with Crippen LogP contribution in [-0.4, -0.2) is 22.9 Å². The zero-order valence-corrected chi connectivity index (χ0v) is 11.3. The van der Waals surface area contributed by atoms with Gasteiger partial charge in [-0.15, -0.1) is 0 Å². The second kappa shape index (κ2) is 5.32. The molecule has 1 unspecified atom stereocenters. The van der Waals surface area contributed by atoms with E-state index >= 15 is 0 Å². The Morgan fingerprint density at radius 2 is 2.25 bits per heavy atom. The van der Waals surface area contributed by atoms with Crippen molar-refractivity contribution in [2.75, 3.05) is 6.61 Å². The van der Waals surface area contributed by atoms with Gasteiger partial charge in [-0.25, -0.2) is 0 Å². The summed E-state index contributed by atoms with van der Waals surface area (Å²) in [4.78, 5) is 21.1. The van der Waals surface area contributed by atoms with E-state index in [0.717, 1.165) is 0 Å². The van der Waals surface area contributed by atoms with E-state index in [9.17, 15) is 14.9 Å². The maximum Gasteiger partial charge on any atom is 0.273 e. The van der Waals surface area contributed by atoms with Crippen LogP contribution >= 0.6 is 0 Å². The van der Waals surface area contributed by atoms with Crippen LogP contribution in [0.4, 0.5) is 5.69 Å². The van der Waals surface area contributed by atoms with Gasteiger partial charge in [0.15, 0.2) is 17.3 Å². The molecule has 1 atom stereocenters. The Kier molecular flexibility index (Phi) is 3.74. The smallest absolute Gasteiger partial charge is 0.273 e. The van der Waals surface area contributed by atoms with Gasteiger partial charge in [0.25, 0.3) is 5.69 Å². The lowest BCUT2D eigenvalue weighted by Gasteiger charge is -2.34. The van der Waals surface area contributed by atoms with Crippen LogP contribution in [0, 0.1) is 10.1 Å². The first kappa shape index (κ1) is 14.0. The van der Waals surface area contributed by atoms with Gasteiger partial charge in [-0.2, -0.15) is 0 Å². The number of nitro groups is 1. The second-order valence-electron chi connectivity index (χ2n) is 4.95. The fourth-order valence-electron chi connectivity index (χ4n) is 1.91. The van der Waals surface area contributed by atoms with Crippen molar-refractivity contribution in [3.8, 4) is 11.5 Å². The molecule has 0 N–H and O–H groups in total. The van der Waals surface area contributed by atoms with Gasteiger partial charge in [-0.05, 0) is 26.0 Å². The number of ether oxygens (including phenoxy) is 2. The van der Waals surface area contributed by atoms with Gasteiger partial charge in [0.05, 0.1) is 11.0 Å². The van der Waals surface area contributed by atoms with Gasteiger partial charge in [0.1, 0.15) is 12.2 Å². The molecule has 0 aliphatic carbocycles. The number of carbonyl (C=O) groups excluding carboxylic acids is 1. The third-order valence-electron chi connectivity index (χ3n) is 2.93. The molecule has 0 aromatic heterocycles. The van der Waals surface area contributed by atoms with Crippen molar-refractivity contribution in [3.63, 3.8) is 0 Å². The summed E-state index contributed by atoms with van der Waals surface area (Å²) in [5, 5.41) is 10.8. The molecule has 0 saturated heterocycles. The van der Waals surface area contributed by atoms with Crippen LogP contribution in [0.3, 0.4) is 0 Å². The Morgan fingerprint density at radius 1 is 1.50 bits per heavy atom. The van der Waals surface area contributed by atoms with Gasteiger partial charge in [0.2, 0.25) is 0 Å². The molecule has 6 heteroatoms. The number of nitrogens with zero attached hydrogens (tertiary/aromatic N) is 1. The van der Waals surface area contributed by atoms with Crippen LogP contribution in [0.25, 0.3) is 0 Å². The average Bonchev–Trinajstić information content (AvgIpc) is 2.37. The molecule has 1 aromatic rings. The third kappa shape index (κ3) is 3.14. The molecular weight excluding hydrogens is 262 g/mol. The van der Waals surface area contributed by atoms with Gasteiger partial charge in [0, 0.05) is 12.5 Å². The quantitative estimate of drug-likeness (QED) is 0.480. The zero-order chi connectivity index (χ0) is 14.8. The number of allylic oxidation sites excluding steroid dienone is 1. The van der Waals surface area contributed by atoms with Gasteiger partial charge < -0.3 is 9.47 Å².